The summed E-state index contributed by atoms with van der Waals surface area (Å²) < 4.78 is 58.2. The van der Waals surface area contributed by atoms with E-state index in [1.54, 1.807) is 12.1 Å². The molecule has 2 rings (SSSR count). The molecular formula is C18H20F2N2O4S. The Balaban J connectivity index is 2.32. The van der Waals surface area contributed by atoms with Crippen molar-refractivity contribution in [2.45, 2.75) is 19.9 Å². The van der Waals surface area contributed by atoms with Gasteiger partial charge in [0.1, 0.15) is 29.1 Å². The molecule has 0 aliphatic heterocycles. The number of carbonyl (C=O) groups is 1. The topological polar surface area (TPSA) is 75.7 Å². The molecule has 0 saturated heterocycles. The minimum Gasteiger partial charge on any atom is -0.494 e. The van der Waals surface area contributed by atoms with Crippen molar-refractivity contribution in [2.75, 3.05) is 22.5 Å². The van der Waals surface area contributed by atoms with Crippen molar-refractivity contribution in [3.05, 3.63) is 54.1 Å². The van der Waals surface area contributed by atoms with Crippen molar-refractivity contribution >= 4 is 27.3 Å². The second-order valence-corrected chi connectivity index (χ2v) is 7.61. The Morgan fingerprint density at radius 3 is 2.19 bits per heavy atom. The Labute approximate surface area is 156 Å². The molecular weight excluding hydrogens is 378 g/mol. The first-order chi connectivity index (χ1) is 12.6. The number of nitrogens with zero attached hydrogens (tertiary/aromatic N) is 1. The average Bonchev–Trinajstić information content (AvgIpc) is 2.59. The van der Waals surface area contributed by atoms with Crippen molar-refractivity contribution in [1.29, 1.82) is 0 Å². The number of carbonyl (C=O) groups excluding carboxylic acids is 1. The second kappa shape index (κ2) is 8.34. The Bertz CT molecular complexity index is 897. The van der Waals surface area contributed by atoms with Gasteiger partial charge < -0.3 is 10.1 Å². The van der Waals surface area contributed by atoms with Crippen LogP contribution in [0.25, 0.3) is 0 Å². The van der Waals surface area contributed by atoms with E-state index in [0.29, 0.717) is 12.4 Å². The third kappa shape index (κ3) is 4.94. The Hall–Kier alpha value is -2.68. The molecule has 0 radical (unpaired) electrons. The van der Waals surface area contributed by atoms with E-state index in [1.165, 1.54) is 19.1 Å². The first-order valence-electron chi connectivity index (χ1n) is 8.12. The molecule has 0 fully saturated rings. The summed E-state index contributed by atoms with van der Waals surface area (Å²) in [7, 11) is -3.86. The zero-order valence-electron chi connectivity index (χ0n) is 15.1. The molecule has 0 aromatic heterocycles. The van der Waals surface area contributed by atoms with Gasteiger partial charge in [-0.05, 0) is 50.2 Å². The first kappa shape index (κ1) is 20.6. The quantitative estimate of drug-likeness (QED) is 0.777. The van der Waals surface area contributed by atoms with Crippen molar-refractivity contribution in [2.24, 2.45) is 0 Å². The third-order valence-corrected chi connectivity index (χ3v) is 4.94. The van der Waals surface area contributed by atoms with Crippen LogP contribution in [-0.4, -0.2) is 33.2 Å². The minimum absolute atomic E-state index is 0.220. The lowest BCUT2D eigenvalue weighted by Crippen LogP contribution is -2.45. The van der Waals surface area contributed by atoms with Crippen molar-refractivity contribution in [3.63, 3.8) is 0 Å². The van der Waals surface area contributed by atoms with Gasteiger partial charge in [-0.15, -0.1) is 0 Å². The molecule has 0 heterocycles. The number of anilines is 2. The summed E-state index contributed by atoms with van der Waals surface area (Å²) in [6.07, 6.45) is 0.941. The Morgan fingerprint density at radius 1 is 1.15 bits per heavy atom. The smallest absolute Gasteiger partial charge is 0.248 e. The third-order valence-electron chi connectivity index (χ3n) is 3.70. The van der Waals surface area contributed by atoms with Crippen LogP contribution in [0.3, 0.4) is 0 Å². The highest BCUT2D eigenvalue weighted by Crippen LogP contribution is 2.25. The first-order valence-corrected chi connectivity index (χ1v) is 9.97. The van der Waals surface area contributed by atoms with Crippen LogP contribution in [0.15, 0.2) is 42.5 Å². The molecule has 1 N–H and O–H groups in total. The monoisotopic (exact) mass is 398 g/mol. The molecule has 1 amide bonds. The normalized spacial score (nSPS) is 12.3. The van der Waals surface area contributed by atoms with Crippen LogP contribution >= 0.6 is 0 Å². The summed E-state index contributed by atoms with van der Waals surface area (Å²) in [5.41, 5.74) is -0.410. The molecule has 0 spiro atoms. The summed E-state index contributed by atoms with van der Waals surface area (Å²) in [5, 5.41) is 2.11. The highest BCUT2D eigenvalue weighted by molar-refractivity contribution is 7.92. The van der Waals surface area contributed by atoms with E-state index in [4.69, 9.17) is 4.74 Å². The van der Waals surface area contributed by atoms with Gasteiger partial charge in [-0.25, -0.2) is 17.2 Å². The van der Waals surface area contributed by atoms with Crippen LogP contribution in [0, 0.1) is 11.6 Å². The van der Waals surface area contributed by atoms with Gasteiger partial charge in [-0.1, -0.05) is 6.07 Å². The van der Waals surface area contributed by atoms with Gasteiger partial charge in [0, 0.05) is 0 Å². The van der Waals surface area contributed by atoms with E-state index in [9.17, 15) is 22.0 Å². The molecule has 146 valence electrons. The van der Waals surface area contributed by atoms with Crippen LogP contribution in [0.1, 0.15) is 13.8 Å². The van der Waals surface area contributed by atoms with Gasteiger partial charge in [0.15, 0.2) is 0 Å². The van der Waals surface area contributed by atoms with Crippen molar-refractivity contribution < 1.29 is 26.7 Å². The predicted molar refractivity (Wildman–Crippen MR) is 99.4 cm³/mol. The maximum Gasteiger partial charge on any atom is 0.248 e. The number of ether oxygens (including phenoxy) is 1. The lowest BCUT2D eigenvalue weighted by molar-refractivity contribution is -0.116. The largest absolute Gasteiger partial charge is 0.494 e. The number of amides is 1. The van der Waals surface area contributed by atoms with Crippen LogP contribution in [0.5, 0.6) is 5.75 Å². The van der Waals surface area contributed by atoms with Crippen molar-refractivity contribution in [3.8, 4) is 5.75 Å². The minimum atomic E-state index is -3.86. The number of para-hydroxylation sites is 1. The molecule has 27 heavy (non-hydrogen) atoms. The molecule has 2 aromatic carbocycles. The highest BCUT2D eigenvalue weighted by Gasteiger charge is 2.30. The molecule has 6 nitrogen and oxygen atoms in total. The zero-order valence-corrected chi connectivity index (χ0v) is 15.9. The van der Waals surface area contributed by atoms with E-state index in [-0.39, 0.29) is 5.69 Å². The van der Waals surface area contributed by atoms with Gasteiger partial charge >= 0.3 is 0 Å². The number of halogens is 2. The summed E-state index contributed by atoms with van der Waals surface area (Å²) in [6.45, 7) is 3.58. The fraction of sp³-hybridized carbons (Fsp3) is 0.278. The Kier molecular flexibility index (Phi) is 6.37. The van der Waals surface area contributed by atoms with Gasteiger partial charge in [-0.3, -0.25) is 9.10 Å². The summed E-state index contributed by atoms with van der Waals surface area (Å²) in [5.74, 6) is -2.25. The van der Waals surface area contributed by atoms with Crippen LogP contribution in [0.4, 0.5) is 20.2 Å². The summed E-state index contributed by atoms with van der Waals surface area (Å²) in [6, 6.07) is 7.99. The lowest BCUT2D eigenvalue weighted by atomic mass is 10.2. The fourth-order valence-corrected chi connectivity index (χ4v) is 3.68. The summed E-state index contributed by atoms with van der Waals surface area (Å²) in [4.78, 5) is 12.5. The molecule has 0 aliphatic carbocycles. The highest BCUT2D eigenvalue weighted by atomic mass is 32.2. The van der Waals surface area contributed by atoms with E-state index >= 15 is 0 Å². The molecule has 0 saturated carbocycles. The maximum absolute atomic E-state index is 13.7. The van der Waals surface area contributed by atoms with E-state index in [0.717, 1.165) is 28.8 Å². The number of hydrogen-bond acceptors (Lipinski definition) is 4. The van der Waals surface area contributed by atoms with Crippen molar-refractivity contribution in [1.82, 2.24) is 0 Å². The lowest BCUT2D eigenvalue weighted by Gasteiger charge is -2.28. The molecule has 0 unspecified atom stereocenters. The molecule has 0 bridgehead atoms. The van der Waals surface area contributed by atoms with Gasteiger partial charge in [0.25, 0.3) is 0 Å². The fourth-order valence-electron chi connectivity index (χ4n) is 2.51. The second-order valence-electron chi connectivity index (χ2n) is 5.75. The average molecular weight is 398 g/mol. The van der Waals surface area contributed by atoms with Crippen LogP contribution in [-0.2, 0) is 14.8 Å². The van der Waals surface area contributed by atoms with Gasteiger partial charge in [0.2, 0.25) is 15.9 Å². The van der Waals surface area contributed by atoms with E-state index < -0.39 is 39.3 Å². The standard InChI is InChI=1S/C18H20F2N2O4S/c1-4-26-14-10-8-13(9-11-14)22(27(3,24)25)12(2)18(23)21-17-15(19)6-5-7-16(17)20/h5-12H,4H2,1-3H3,(H,21,23)/t12-/m1/s1. The van der Waals surface area contributed by atoms with Gasteiger partial charge in [-0.2, -0.15) is 0 Å². The molecule has 2 aromatic rings. The number of nitrogens with one attached hydrogen (secondary N) is 1. The van der Waals surface area contributed by atoms with Gasteiger partial charge in [0.05, 0.1) is 18.6 Å². The number of rotatable bonds is 7. The van der Waals surface area contributed by atoms with Crippen LogP contribution < -0.4 is 14.4 Å². The van der Waals surface area contributed by atoms with E-state index in [1.807, 2.05) is 6.92 Å². The number of sulfonamides is 1. The Morgan fingerprint density at radius 2 is 1.70 bits per heavy atom. The zero-order chi connectivity index (χ0) is 20.2. The molecule has 0 aliphatic rings. The number of benzene rings is 2. The predicted octanol–water partition coefficient (Wildman–Crippen LogP) is 3.16. The number of hydrogen-bond donors (Lipinski definition) is 1. The SMILES string of the molecule is CCOc1ccc(N([C@H](C)C(=O)Nc2c(F)cccc2F)S(C)(=O)=O)cc1. The molecule has 9 heteroatoms. The van der Waals surface area contributed by atoms with Crippen LogP contribution in [0.2, 0.25) is 0 Å². The maximum atomic E-state index is 13.7. The summed E-state index contributed by atoms with van der Waals surface area (Å²) >= 11 is 0. The molecule has 1 atom stereocenters. The van der Waals surface area contributed by atoms with E-state index in [2.05, 4.69) is 5.32 Å².